The van der Waals surface area contributed by atoms with Crippen molar-refractivity contribution in [3.05, 3.63) is 118 Å². The number of hydrogen-bond donors (Lipinski definition) is 1. The number of rotatable bonds is 7. The van der Waals surface area contributed by atoms with Gasteiger partial charge in [-0.1, -0.05) is 32.0 Å². The molecule has 8 atom stereocenters. The molecule has 7 rings (SSSR count). The maximum Gasteiger partial charge on any atom is 0.345 e. The number of carbonyl (C=O) groups is 3. The van der Waals surface area contributed by atoms with E-state index in [1.165, 1.54) is 43.5 Å². The molecule has 3 aliphatic rings. The molecule has 0 amide bonds. The van der Waals surface area contributed by atoms with E-state index in [9.17, 15) is 29.5 Å². The van der Waals surface area contributed by atoms with Gasteiger partial charge < -0.3 is 28.5 Å². The molecule has 0 radical (unpaired) electrons. The van der Waals surface area contributed by atoms with Crippen LogP contribution in [-0.4, -0.2) is 52.4 Å². The number of pyridine rings is 1. The molecular formula is C42H40N2O10. The number of nitriles is 1. The molecule has 12 heteroatoms. The van der Waals surface area contributed by atoms with Crippen LogP contribution in [0.25, 0.3) is 11.3 Å². The topological polar surface area (TPSA) is 175 Å². The molecule has 2 fully saturated rings. The van der Waals surface area contributed by atoms with Gasteiger partial charge in [-0.05, 0) is 86.1 Å². The Bertz CT molecular complexity index is 2180. The molecular weight excluding hydrogens is 692 g/mol. The van der Waals surface area contributed by atoms with Crippen molar-refractivity contribution < 1.29 is 42.9 Å². The third-order valence-corrected chi connectivity index (χ3v) is 11.9. The first-order valence-electron chi connectivity index (χ1n) is 17.8. The van der Waals surface area contributed by atoms with Crippen LogP contribution in [0.2, 0.25) is 0 Å². The summed E-state index contributed by atoms with van der Waals surface area (Å²) in [5.74, 6) is -2.88. The van der Waals surface area contributed by atoms with Gasteiger partial charge in [0.2, 0.25) is 0 Å². The highest BCUT2D eigenvalue weighted by molar-refractivity contribution is 5.90. The summed E-state index contributed by atoms with van der Waals surface area (Å²) in [5, 5.41) is 21.8. The molecule has 0 bridgehead atoms. The average molecular weight is 733 g/mol. The van der Waals surface area contributed by atoms with E-state index in [0.29, 0.717) is 29.5 Å². The Hall–Kier alpha value is -5.80. The Labute approximate surface area is 311 Å². The number of esters is 3. The number of benzene rings is 2. The monoisotopic (exact) mass is 732 g/mol. The van der Waals surface area contributed by atoms with E-state index < -0.39 is 70.1 Å². The molecule has 12 nitrogen and oxygen atoms in total. The van der Waals surface area contributed by atoms with E-state index in [1.54, 1.807) is 55.6 Å². The van der Waals surface area contributed by atoms with E-state index in [-0.39, 0.29) is 35.7 Å². The van der Waals surface area contributed by atoms with Gasteiger partial charge in [-0.3, -0.25) is 9.78 Å². The predicted octanol–water partition coefficient (Wildman–Crippen LogP) is 6.21. The van der Waals surface area contributed by atoms with Crippen molar-refractivity contribution in [1.29, 1.82) is 5.26 Å². The smallest absolute Gasteiger partial charge is 0.345 e. The second-order valence-electron chi connectivity index (χ2n) is 15.1. The molecule has 278 valence electrons. The summed E-state index contributed by atoms with van der Waals surface area (Å²) in [7, 11) is 0. The van der Waals surface area contributed by atoms with Gasteiger partial charge in [0.05, 0.1) is 28.9 Å². The minimum absolute atomic E-state index is 0.0662. The van der Waals surface area contributed by atoms with Crippen molar-refractivity contribution in [3.8, 4) is 23.1 Å². The first-order chi connectivity index (χ1) is 25.8. The Kier molecular flexibility index (Phi) is 9.39. The standard InChI is InChI=1S/C42H40N2O10/c1-24(45)50-23-41(3)31-20-33(53-38(48)27-14-12-25(21-43)13-15-27)42(4)36(40(31,2)17-16-32(41)52-37(47)26-9-6-5-7-10-26)35(46)34-30(54-42)19-29(51-39(34)49)28-11-8-18-44-22-28/h5-15,18-19,22,31-33,35-36,46H,16-17,20,23H2,1-4H3/t31?,32-,33-,35-,36?,40-,41-,42+/m0/s1. The maximum absolute atomic E-state index is 13.9. The van der Waals surface area contributed by atoms with Crippen LogP contribution in [0.1, 0.15) is 84.9 Å². The lowest BCUT2D eigenvalue weighted by molar-refractivity contribution is -0.264. The van der Waals surface area contributed by atoms with Gasteiger partial charge in [0.1, 0.15) is 41.5 Å². The van der Waals surface area contributed by atoms with E-state index in [4.69, 9.17) is 23.4 Å². The van der Waals surface area contributed by atoms with Crippen molar-refractivity contribution in [1.82, 2.24) is 4.98 Å². The van der Waals surface area contributed by atoms with Crippen LogP contribution >= 0.6 is 0 Å². The number of aromatic nitrogens is 1. The predicted molar refractivity (Wildman–Crippen MR) is 192 cm³/mol. The number of ether oxygens (including phenoxy) is 4. The van der Waals surface area contributed by atoms with Crippen molar-refractivity contribution in [3.63, 3.8) is 0 Å². The van der Waals surface area contributed by atoms with Gasteiger partial charge in [0.25, 0.3) is 0 Å². The Morgan fingerprint density at radius 3 is 2.30 bits per heavy atom. The second kappa shape index (κ2) is 13.9. The van der Waals surface area contributed by atoms with E-state index in [1.807, 2.05) is 19.9 Å². The summed E-state index contributed by atoms with van der Waals surface area (Å²) in [4.78, 5) is 57.6. The van der Waals surface area contributed by atoms with Gasteiger partial charge in [-0.2, -0.15) is 5.26 Å². The van der Waals surface area contributed by atoms with Crippen molar-refractivity contribution in [2.45, 2.75) is 70.9 Å². The largest absolute Gasteiger partial charge is 0.482 e. The number of aliphatic hydroxyl groups excluding tert-OH is 1. The highest BCUT2D eigenvalue weighted by atomic mass is 16.6. The molecule has 0 saturated heterocycles. The van der Waals surface area contributed by atoms with Crippen LogP contribution in [0.15, 0.2) is 94.4 Å². The SMILES string of the molecule is CC(=O)OC[C@@]1(C)C2C[C@H](OC(=O)c3ccc(C#N)cc3)[C@@]3(C)Oc4cc(-c5cccnc5)oc(=O)c4[C@H](O)C3[C@@]2(C)CC[C@@H]1OC(=O)c1ccccc1. The molecule has 1 N–H and O–H groups in total. The number of hydrogen-bond acceptors (Lipinski definition) is 12. The van der Waals surface area contributed by atoms with Gasteiger partial charge in [0.15, 0.2) is 0 Å². The zero-order chi connectivity index (χ0) is 38.4. The van der Waals surface area contributed by atoms with Gasteiger partial charge in [-0.25, -0.2) is 14.4 Å². The van der Waals surface area contributed by atoms with E-state index >= 15 is 0 Å². The lowest BCUT2D eigenvalue weighted by Crippen LogP contribution is -2.71. The van der Waals surface area contributed by atoms with Crippen LogP contribution in [0, 0.1) is 34.0 Å². The minimum Gasteiger partial charge on any atom is -0.482 e. The number of aliphatic hydroxyl groups is 1. The Morgan fingerprint density at radius 2 is 1.65 bits per heavy atom. The molecule has 2 aromatic heterocycles. The van der Waals surface area contributed by atoms with Crippen LogP contribution < -0.4 is 10.4 Å². The van der Waals surface area contributed by atoms with Gasteiger partial charge >= 0.3 is 23.5 Å². The maximum atomic E-state index is 13.9. The molecule has 4 aromatic rings. The summed E-state index contributed by atoms with van der Waals surface area (Å²) in [5.41, 5.74) is -2.74. The molecule has 0 spiro atoms. The normalized spacial score (nSPS) is 29.5. The van der Waals surface area contributed by atoms with Crippen molar-refractivity contribution >= 4 is 17.9 Å². The summed E-state index contributed by atoms with van der Waals surface area (Å²) < 4.78 is 30.8. The summed E-state index contributed by atoms with van der Waals surface area (Å²) in [6, 6.07) is 21.6. The molecule has 1 aliphatic heterocycles. The van der Waals surface area contributed by atoms with Crippen molar-refractivity contribution in [2.24, 2.45) is 22.7 Å². The van der Waals surface area contributed by atoms with Crippen LogP contribution in [0.5, 0.6) is 5.75 Å². The lowest BCUT2D eigenvalue weighted by Gasteiger charge is -2.66. The van der Waals surface area contributed by atoms with Crippen LogP contribution in [0.4, 0.5) is 0 Å². The minimum atomic E-state index is -1.44. The fourth-order valence-electron chi connectivity index (χ4n) is 9.29. The summed E-state index contributed by atoms with van der Waals surface area (Å²) in [6.07, 6.45) is 0.791. The zero-order valence-corrected chi connectivity index (χ0v) is 30.3. The Morgan fingerprint density at radius 1 is 0.963 bits per heavy atom. The van der Waals surface area contributed by atoms with Crippen LogP contribution in [0.3, 0.4) is 0 Å². The molecule has 3 heterocycles. The van der Waals surface area contributed by atoms with Crippen molar-refractivity contribution in [2.75, 3.05) is 6.61 Å². The lowest BCUT2D eigenvalue weighted by atomic mass is 9.42. The molecule has 2 aromatic carbocycles. The highest BCUT2D eigenvalue weighted by Crippen LogP contribution is 2.67. The molecule has 2 saturated carbocycles. The quantitative estimate of drug-likeness (QED) is 0.168. The third-order valence-electron chi connectivity index (χ3n) is 11.9. The Balaban J connectivity index is 1.35. The number of fused-ring (bicyclic) bond motifs is 4. The van der Waals surface area contributed by atoms with E-state index in [0.717, 1.165) is 0 Å². The van der Waals surface area contributed by atoms with Gasteiger partial charge in [-0.15, -0.1) is 0 Å². The highest BCUT2D eigenvalue weighted by Gasteiger charge is 2.71. The molecule has 2 aliphatic carbocycles. The first-order valence-corrected chi connectivity index (χ1v) is 17.8. The van der Waals surface area contributed by atoms with E-state index in [2.05, 4.69) is 4.98 Å². The van der Waals surface area contributed by atoms with Crippen LogP contribution in [-0.2, 0) is 19.0 Å². The molecule has 2 unspecified atom stereocenters. The second-order valence-corrected chi connectivity index (χ2v) is 15.1. The average Bonchev–Trinajstić information content (AvgIpc) is 3.16. The first kappa shape index (κ1) is 36.6. The summed E-state index contributed by atoms with van der Waals surface area (Å²) in [6.45, 7) is 6.79. The molecule has 54 heavy (non-hydrogen) atoms. The fraction of sp³-hybridized carbons (Fsp3) is 0.381. The number of carbonyl (C=O) groups excluding carboxylic acids is 3. The third kappa shape index (κ3) is 6.22. The summed E-state index contributed by atoms with van der Waals surface area (Å²) >= 11 is 0. The number of nitrogens with zero attached hydrogens (tertiary/aromatic N) is 2. The fourth-order valence-corrected chi connectivity index (χ4v) is 9.29. The van der Waals surface area contributed by atoms with Gasteiger partial charge in [0, 0.05) is 42.3 Å². The zero-order valence-electron chi connectivity index (χ0n) is 30.3.